The van der Waals surface area contributed by atoms with E-state index in [1.54, 1.807) is 17.1 Å². The predicted octanol–water partition coefficient (Wildman–Crippen LogP) is 1.73. The third-order valence-electron chi connectivity index (χ3n) is 5.95. The summed E-state index contributed by atoms with van der Waals surface area (Å²) < 4.78 is 1.55. The van der Waals surface area contributed by atoms with Gasteiger partial charge in [-0.2, -0.15) is 0 Å². The predicted molar refractivity (Wildman–Crippen MR) is 111 cm³/mol. The molecule has 2 aliphatic rings. The highest BCUT2D eigenvalue weighted by atomic mass is 16.2. The van der Waals surface area contributed by atoms with Crippen LogP contribution in [0.1, 0.15) is 33.9 Å². The number of likely N-dealkylation sites (tertiary alicyclic amines) is 1. The lowest BCUT2D eigenvalue weighted by molar-refractivity contribution is 0.0589. The maximum atomic E-state index is 13.4. The van der Waals surface area contributed by atoms with Gasteiger partial charge in [0.2, 0.25) is 5.95 Å². The summed E-state index contributed by atoms with van der Waals surface area (Å²) >= 11 is 0. The van der Waals surface area contributed by atoms with Gasteiger partial charge in [0.25, 0.3) is 5.91 Å². The summed E-state index contributed by atoms with van der Waals surface area (Å²) in [6, 6.07) is 5.92. The third kappa shape index (κ3) is 3.20. The number of hydrogen-bond donors (Lipinski definition) is 0. The molecule has 3 aromatic rings. The molecule has 5 heterocycles. The molecular formula is C21H24N8O. The van der Waals surface area contributed by atoms with Gasteiger partial charge in [-0.3, -0.25) is 4.79 Å². The molecule has 9 heteroatoms. The highest BCUT2D eigenvalue weighted by Crippen LogP contribution is 2.35. The van der Waals surface area contributed by atoms with Crippen molar-refractivity contribution in [1.29, 1.82) is 0 Å². The Morgan fingerprint density at radius 3 is 2.57 bits per heavy atom. The standard InChI is InChI=1S/C21H24N8O/c1-13-4-5-17(19(23-13)29-9-7-22-26-29)20(30)27-8-6-16-11-28(18(16)12-27)21-24-14(2)10-15(3)25-21/h4-5,7,9-10,16,18H,6,8,11-12H2,1-3H3/t16-,18-/m0/s1. The van der Waals surface area contributed by atoms with Crippen LogP contribution in [0.15, 0.2) is 30.6 Å². The molecule has 2 saturated heterocycles. The molecule has 0 aromatic carbocycles. The van der Waals surface area contributed by atoms with Crippen molar-refractivity contribution in [3.05, 3.63) is 53.2 Å². The highest BCUT2D eigenvalue weighted by molar-refractivity contribution is 5.97. The van der Waals surface area contributed by atoms with Crippen molar-refractivity contribution in [2.24, 2.45) is 5.92 Å². The molecule has 1 amide bonds. The molecule has 2 aliphatic heterocycles. The summed E-state index contributed by atoms with van der Waals surface area (Å²) in [7, 11) is 0. The van der Waals surface area contributed by atoms with Gasteiger partial charge in [0.15, 0.2) is 5.82 Å². The lowest BCUT2D eigenvalue weighted by atomic mass is 9.82. The summed E-state index contributed by atoms with van der Waals surface area (Å²) in [6.07, 6.45) is 4.27. The van der Waals surface area contributed by atoms with Crippen LogP contribution in [-0.2, 0) is 0 Å². The van der Waals surface area contributed by atoms with Crippen molar-refractivity contribution in [1.82, 2.24) is 34.8 Å². The monoisotopic (exact) mass is 404 g/mol. The van der Waals surface area contributed by atoms with E-state index in [4.69, 9.17) is 0 Å². The Balaban J connectivity index is 1.39. The maximum Gasteiger partial charge on any atom is 0.257 e. The van der Waals surface area contributed by atoms with E-state index in [0.717, 1.165) is 42.5 Å². The van der Waals surface area contributed by atoms with Gasteiger partial charge in [0, 0.05) is 42.6 Å². The van der Waals surface area contributed by atoms with Crippen LogP contribution in [0.3, 0.4) is 0 Å². The second-order valence-electron chi connectivity index (χ2n) is 8.14. The average molecular weight is 404 g/mol. The zero-order valence-electron chi connectivity index (χ0n) is 17.4. The Morgan fingerprint density at radius 1 is 1.03 bits per heavy atom. The van der Waals surface area contributed by atoms with Gasteiger partial charge in [0.1, 0.15) is 0 Å². The SMILES string of the molecule is Cc1cc(C)nc(N2C[C@@H]3CCN(C(=O)c4ccc(C)nc4-n4ccnn4)C[C@@H]32)n1. The number of amides is 1. The van der Waals surface area contributed by atoms with Gasteiger partial charge >= 0.3 is 0 Å². The fourth-order valence-corrected chi connectivity index (χ4v) is 4.42. The molecule has 5 rings (SSSR count). The summed E-state index contributed by atoms with van der Waals surface area (Å²) in [5, 5.41) is 7.89. The number of anilines is 1. The molecule has 0 radical (unpaired) electrons. The van der Waals surface area contributed by atoms with Crippen LogP contribution in [-0.4, -0.2) is 66.4 Å². The zero-order chi connectivity index (χ0) is 20.8. The molecule has 3 aromatic heterocycles. The van der Waals surface area contributed by atoms with Crippen molar-refractivity contribution in [3.8, 4) is 5.82 Å². The fourth-order valence-electron chi connectivity index (χ4n) is 4.42. The van der Waals surface area contributed by atoms with Gasteiger partial charge in [-0.25, -0.2) is 19.6 Å². The second kappa shape index (κ2) is 7.16. The minimum atomic E-state index is -0.0281. The maximum absolute atomic E-state index is 13.4. The van der Waals surface area contributed by atoms with E-state index < -0.39 is 0 Å². The first-order valence-corrected chi connectivity index (χ1v) is 10.2. The zero-order valence-corrected chi connectivity index (χ0v) is 17.4. The number of nitrogens with zero attached hydrogens (tertiary/aromatic N) is 8. The second-order valence-corrected chi connectivity index (χ2v) is 8.14. The number of carbonyl (C=O) groups is 1. The lowest BCUT2D eigenvalue weighted by Gasteiger charge is -2.53. The number of fused-ring (bicyclic) bond motifs is 1. The Kier molecular flexibility index (Phi) is 4.45. The molecule has 0 unspecified atom stereocenters. The van der Waals surface area contributed by atoms with E-state index in [-0.39, 0.29) is 11.9 Å². The van der Waals surface area contributed by atoms with Crippen LogP contribution in [0, 0.1) is 26.7 Å². The van der Waals surface area contributed by atoms with Gasteiger partial charge in [-0.1, -0.05) is 5.21 Å². The highest BCUT2D eigenvalue weighted by Gasteiger charge is 2.45. The van der Waals surface area contributed by atoms with Crippen molar-refractivity contribution < 1.29 is 4.79 Å². The van der Waals surface area contributed by atoms with Gasteiger partial charge < -0.3 is 9.80 Å². The number of carbonyl (C=O) groups excluding carboxylic acids is 1. The number of rotatable bonds is 3. The lowest BCUT2D eigenvalue weighted by Crippen LogP contribution is -2.65. The first-order chi connectivity index (χ1) is 14.5. The van der Waals surface area contributed by atoms with Crippen molar-refractivity contribution in [2.75, 3.05) is 24.5 Å². The van der Waals surface area contributed by atoms with Crippen molar-refractivity contribution in [2.45, 2.75) is 33.2 Å². The van der Waals surface area contributed by atoms with E-state index in [9.17, 15) is 4.79 Å². The third-order valence-corrected chi connectivity index (χ3v) is 5.95. The Morgan fingerprint density at radius 2 is 1.83 bits per heavy atom. The Hall–Kier alpha value is -3.36. The average Bonchev–Trinajstić information content (AvgIpc) is 3.22. The van der Waals surface area contributed by atoms with E-state index in [1.165, 1.54) is 0 Å². The van der Waals surface area contributed by atoms with Gasteiger partial charge in [-0.05, 0) is 45.4 Å². The van der Waals surface area contributed by atoms with E-state index in [0.29, 0.717) is 23.8 Å². The minimum Gasteiger partial charge on any atom is -0.336 e. The molecule has 0 spiro atoms. The number of aryl methyl sites for hydroxylation is 3. The largest absolute Gasteiger partial charge is 0.336 e. The van der Waals surface area contributed by atoms with Crippen LogP contribution >= 0.6 is 0 Å². The molecule has 154 valence electrons. The number of piperidine rings is 1. The normalized spacial score (nSPS) is 20.6. The smallest absolute Gasteiger partial charge is 0.257 e. The summed E-state index contributed by atoms with van der Waals surface area (Å²) in [6.45, 7) is 8.23. The van der Waals surface area contributed by atoms with Crippen molar-refractivity contribution in [3.63, 3.8) is 0 Å². The van der Waals surface area contributed by atoms with Crippen LogP contribution in [0.2, 0.25) is 0 Å². The van der Waals surface area contributed by atoms with Gasteiger partial charge in [-0.15, -0.1) is 5.10 Å². The number of hydrogen-bond acceptors (Lipinski definition) is 7. The molecule has 2 fully saturated rings. The first kappa shape index (κ1) is 18.7. The molecule has 2 atom stereocenters. The summed E-state index contributed by atoms with van der Waals surface area (Å²) in [5.74, 6) is 1.83. The van der Waals surface area contributed by atoms with E-state index in [2.05, 4.69) is 30.2 Å². The molecule has 30 heavy (non-hydrogen) atoms. The van der Waals surface area contributed by atoms with Crippen LogP contribution in [0.25, 0.3) is 5.82 Å². The van der Waals surface area contributed by atoms with E-state index >= 15 is 0 Å². The fraction of sp³-hybridized carbons (Fsp3) is 0.429. The first-order valence-electron chi connectivity index (χ1n) is 10.2. The van der Waals surface area contributed by atoms with Crippen molar-refractivity contribution >= 4 is 11.9 Å². The van der Waals surface area contributed by atoms with Crippen LogP contribution in [0.5, 0.6) is 0 Å². The Labute approximate surface area is 174 Å². The number of pyridine rings is 1. The quantitative estimate of drug-likeness (QED) is 0.656. The molecule has 0 N–H and O–H groups in total. The molecular weight excluding hydrogens is 380 g/mol. The number of aromatic nitrogens is 6. The molecule has 0 aliphatic carbocycles. The summed E-state index contributed by atoms with van der Waals surface area (Å²) in [5.41, 5.74) is 3.30. The molecule has 0 saturated carbocycles. The summed E-state index contributed by atoms with van der Waals surface area (Å²) in [4.78, 5) is 31.4. The topological polar surface area (TPSA) is 92.9 Å². The Bertz CT molecular complexity index is 1080. The molecule has 9 nitrogen and oxygen atoms in total. The van der Waals surface area contributed by atoms with E-state index in [1.807, 2.05) is 43.9 Å². The van der Waals surface area contributed by atoms with Crippen LogP contribution in [0.4, 0.5) is 5.95 Å². The molecule has 0 bridgehead atoms. The minimum absolute atomic E-state index is 0.0281. The van der Waals surface area contributed by atoms with Crippen LogP contribution < -0.4 is 4.90 Å². The van der Waals surface area contributed by atoms with Gasteiger partial charge in [0.05, 0.1) is 24.0 Å².